The summed E-state index contributed by atoms with van der Waals surface area (Å²) in [5, 5.41) is 11.3. The van der Waals surface area contributed by atoms with Crippen LogP contribution in [0.1, 0.15) is 11.1 Å². The van der Waals surface area contributed by atoms with Crippen LogP contribution < -0.4 is 26.5 Å². The van der Waals surface area contributed by atoms with Crippen molar-refractivity contribution in [1.82, 2.24) is 15.5 Å². The zero-order valence-electron chi connectivity index (χ0n) is 18.7. The normalized spacial score (nSPS) is 23.1. The molecule has 2 heterocycles. The van der Waals surface area contributed by atoms with Crippen LogP contribution in [0.2, 0.25) is 0 Å². The van der Waals surface area contributed by atoms with Crippen LogP contribution in [0.25, 0.3) is 0 Å². The number of aryl methyl sites for hydroxylation is 1. The van der Waals surface area contributed by atoms with Gasteiger partial charge in [0, 0.05) is 12.5 Å². The molecule has 0 saturated carbocycles. The van der Waals surface area contributed by atoms with Gasteiger partial charge < -0.3 is 0 Å². The van der Waals surface area contributed by atoms with Crippen LogP contribution >= 0.6 is 13.3 Å². The standard InChI is InChI=1S/C26H32N3P2S/c1-22-9-8-14-26(25(22)15-16-30-19-27-17-29(21-30)18-28-20-30)31(32,23-10-4-2-5-11-23)24-12-6-3-7-13-24/h2-14,27-28H,15-21H2,1H3/q+1. The molecule has 0 aliphatic carbocycles. The lowest BCUT2D eigenvalue weighted by Crippen LogP contribution is -2.54. The second kappa shape index (κ2) is 9.47. The molecule has 0 spiro atoms. The molecule has 3 aromatic carbocycles. The van der Waals surface area contributed by atoms with Gasteiger partial charge in [0.15, 0.2) is 0 Å². The van der Waals surface area contributed by atoms with E-state index in [0.29, 0.717) is 0 Å². The van der Waals surface area contributed by atoms with Gasteiger partial charge in [-0.1, -0.05) is 90.7 Å². The van der Waals surface area contributed by atoms with E-state index in [9.17, 15) is 0 Å². The van der Waals surface area contributed by atoms with Crippen LogP contribution in [-0.2, 0) is 18.2 Å². The highest BCUT2D eigenvalue weighted by Gasteiger charge is 2.44. The molecule has 6 heteroatoms. The first-order chi connectivity index (χ1) is 15.6. The highest BCUT2D eigenvalue weighted by molar-refractivity contribution is 8.25. The van der Waals surface area contributed by atoms with Crippen molar-refractivity contribution in [2.75, 3.05) is 38.4 Å². The molecule has 3 nitrogen and oxygen atoms in total. The van der Waals surface area contributed by atoms with E-state index in [1.807, 2.05) is 0 Å². The van der Waals surface area contributed by atoms with Crippen molar-refractivity contribution in [3.8, 4) is 0 Å². The summed E-state index contributed by atoms with van der Waals surface area (Å²) in [6.07, 6.45) is 6.08. The van der Waals surface area contributed by atoms with Gasteiger partial charge in [-0.05, 0) is 34.0 Å². The second-order valence-corrected chi connectivity index (χ2v) is 17.5. The highest BCUT2D eigenvalue weighted by Crippen LogP contribution is 2.60. The zero-order chi connectivity index (χ0) is 22.0. The fraction of sp³-hybridized carbons (Fsp3) is 0.308. The molecule has 2 aliphatic heterocycles. The lowest BCUT2D eigenvalue weighted by molar-refractivity contribution is 0.254. The Bertz CT molecular complexity index is 1070. The molecule has 32 heavy (non-hydrogen) atoms. The fourth-order valence-corrected chi connectivity index (χ4v) is 13.1. The van der Waals surface area contributed by atoms with E-state index in [2.05, 4.69) is 101 Å². The lowest BCUT2D eigenvalue weighted by atomic mass is 10.1. The van der Waals surface area contributed by atoms with Crippen molar-refractivity contribution in [2.24, 2.45) is 0 Å². The van der Waals surface area contributed by atoms with Crippen LogP contribution in [0.5, 0.6) is 0 Å². The van der Waals surface area contributed by atoms with E-state index in [-0.39, 0.29) is 0 Å². The number of fused-ring (bicyclic) bond motifs is 2. The molecule has 0 unspecified atom stereocenters. The first kappa shape index (κ1) is 22.4. The predicted octanol–water partition coefficient (Wildman–Crippen LogP) is 3.61. The Hall–Kier alpha value is -1.38. The van der Waals surface area contributed by atoms with Gasteiger partial charge in [-0.3, -0.25) is 10.6 Å². The maximum absolute atomic E-state index is 6.69. The van der Waals surface area contributed by atoms with Gasteiger partial charge in [0.1, 0.15) is 18.9 Å². The van der Waals surface area contributed by atoms with Gasteiger partial charge in [0.25, 0.3) is 0 Å². The summed E-state index contributed by atoms with van der Waals surface area (Å²) in [6, 6.07) is 26.3. The molecule has 0 atom stereocenters. The van der Waals surface area contributed by atoms with E-state index in [4.69, 9.17) is 11.8 Å². The maximum atomic E-state index is 6.69. The predicted molar refractivity (Wildman–Crippen MR) is 145 cm³/mol. The van der Waals surface area contributed by atoms with E-state index in [0.717, 1.165) is 19.8 Å². The minimum atomic E-state index is -2.14. The molecule has 0 amide bonds. The molecule has 0 radical (unpaired) electrons. The van der Waals surface area contributed by atoms with E-state index in [1.165, 1.54) is 52.1 Å². The van der Waals surface area contributed by atoms with Crippen molar-refractivity contribution in [2.45, 2.75) is 13.3 Å². The van der Waals surface area contributed by atoms with Gasteiger partial charge in [0.2, 0.25) is 0 Å². The molecule has 0 aromatic heterocycles. The largest absolute Gasteiger partial charge is 0.272 e. The van der Waals surface area contributed by atoms with Crippen molar-refractivity contribution < 1.29 is 0 Å². The van der Waals surface area contributed by atoms with Gasteiger partial charge >= 0.3 is 0 Å². The maximum Gasteiger partial charge on any atom is 0.116 e. The number of nitrogens with one attached hydrogen (secondary N) is 2. The van der Waals surface area contributed by atoms with E-state index in [1.54, 1.807) is 0 Å². The quantitative estimate of drug-likeness (QED) is 0.528. The SMILES string of the molecule is Cc1cccc(P(=S)(c2ccccc2)c2ccccc2)c1CC[P+]12CNCN(CNC1)C2. The minimum Gasteiger partial charge on any atom is -0.272 e. The molecule has 2 aliphatic rings. The average Bonchev–Trinajstić information content (AvgIpc) is 2.84. The molecular weight excluding hydrogens is 448 g/mol. The summed E-state index contributed by atoms with van der Waals surface area (Å²) in [5.41, 5.74) is 2.87. The Kier molecular flexibility index (Phi) is 6.63. The number of nitrogens with zero attached hydrogens (tertiary/aromatic N) is 1. The Morgan fingerprint density at radius 3 is 2.03 bits per heavy atom. The molecule has 5 rings (SSSR count). The van der Waals surface area contributed by atoms with Crippen molar-refractivity contribution in [3.05, 3.63) is 90.0 Å². The summed E-state index contributed by atoms with van der Waals surface area (Å²) in [7, 11) is -1.06. The zero-order valence-corrected chi connectivity index (χ0v) is 21.3. The molecule has 166 valence electrons. The third-order valence-corrected chi connectivity index (χ3v) is 15.8. The van der Waals surface area contributed by atoms with Crippen molar-refractivity contribution in [1.29, 1.82) is 0 Å². The Morgan fingerprint density at radius 2 is 1.44 bits per heavy atom. The molecule has 3 aromatic rings. The van der Waals surface area contributed by atoms with Crippen molar-refractivity contribution in [3.63, 3.8) is 0 Å². The second-order valence-electron chi connectivity index (χ2n) is 9.11. The molecule has 2 N–H and O–H groups in total. The van der Waals surface area contributed by atoms with E-state index >= 15 is 0 Å². The topological polar surface area (TPSA) is 27.3 Å². The smallest absolute Gasteiger partial charge is 0.116 e. The Morgan fingerprint density at radius 1 is 0.844 bits per heavy atom. The molecular formula is C26H32N3P2S+. The average molecular weight is 481 g/mol. The third kappa shape index (κ3) is 4.26. The summed E-state index contributed by atoms with van der Waals surface area (Å²) in [5.74, 6) is 0. The van der Waals surface area contributed by atoms with Crippen LogP contribution in [0.3, 0.4) is 0 Å². The number of hydrogen-bond donors (Lipinski definition) is 2. The third-order valence-electron chi connectivity index (χ3n) is 6.87. The first-order valence-electron chi connectivity index (χ1n) is 11.4. The summed E-state index contributed by atoms with van der Waals surface area (Å²) >= 11 is 6.69. The summed E-state index contributed by atoms with van der Waals surface area (Å²) in [6.45, 7) is 4.31. The van der Waals surface area contributed by atoms with Gasteiger partial charge in [-0.25, -0.2) is 4.90 Å². The summed E-state index contributed by atoms with van der Waals surface area (Å²) in [4.78, 5) is 2.54. The van der Waals surface area contributed by atoms with Crippen LogP contribution in [0.15, 0.2) is 78.9 Å². The van der Waals surface area contributed by atoms with Gasteiger partial charge in [-0.15, -0.1) is 0 Å². The van der Waals surface area contributed by atoms with Crippen LogP contribution in [0.4, 0.5) is 0 Å². The lowest BCUT2D eigenvalue weighted by Gasteiger charge is -2.42. The van der Waals surface area contributed by atoms with E-state index < -0.39 is 13.3 Å². The Labute approximate surface area is 198 Å². The van der Waals surface area contributed by atoms with Crippen molar-refractivity contribution >= 4 is 41.0 Å². The Balaban J connectivity index is 1.57. The first-order valence-corrected chi connectivity index (χ1v) is 16.7. The minimum absolute atomic E-state index is 1.02. The van der Waals surface area contributed by atoms with Crippen LogP contribution in [-0.4, -0.2) is 43.3 Å². The highest BCUT2D eigenvalue weighted by atomic mass is 32.4. The van der Waals surface area contributed by atoms with Crippen LogP contribution in [0, 0.1) is 6.92 Å². The monoisotopic (exact) mass is 480 g/mol. The number of benzene rings is 3. The molecule has 2 saturated heterocycles. The number of hydrogen-bond acceptors (Lipinski definition) is 4. The fourth-order valence-electron chi connectivity index (χ4n) is 5.21. The van der Waals surface area contributed by atoms with Gasteiger partial charge in [0.05, 0.1) is 26.8 Å². The summed E-state index contributed by atoms with van der Waals surface area (Å²) < 4.78 is 0. The molecule has 2 fully saturated rings. The number of rotatable bonds is 6. The molecule has 2 bridgehead atoms. The van der Waals surface area contributed by atoms with Gasteiger partial charge in [-0.2, -0.15) is 0 Å².